The highest BCUT2D eigenvalue weighted by atomic mass is 35.5. The molecule has 0 aliphatic heterocycles. The molecule has 0 bridgehead atoms. The first-order valence-electron chi connectivity index (χ1n) is 5.91. The van der Waals surface area contributed by atoms with Crippen molar-refractivity contribution in [2.45, 2.75) is 5.75 Å². The predicted molar refractivity (Wildman–Crippen MR) is 87.7 cm³/mol. The Morgan fingerprint density at radius 2 is 2.30 bits per heavy atom. The molecular weight excluding hydrogens is 312 g/mol. The molecule has 0 aliphatic rings. The summed E-state index contributed by atoms with van der Waals surface area (Å²) >= 11 is 9.00. The average molecular weight is 325 g/mol. The van der Waals surface area contributed by atoms with E-state index in [4.69, 9.17) is 11.6 Å². The molecular formula is C14H13ClN2OS2. The van der Waals surface area contributed by atoms with E-state index in [0.29, 0.717) is 10.8 Å². The van der Waals surface area contributed by atoms with Crippen molar-refractivity contribution in [1.82, 2.24) is 5.43 Å². The third-order valence-corrected chi connectivity index (χ3v) is 4.36. The van der Waals surface area contributed by atoms with Crippen LogP contribution in [0.3, 0.4) is 0 Å². The fourth-order valence-electron chi connectivity index (χ4n) is 1.45. The number of benzene rings is 1. The van der Waals surface area contributed by atoms with Crippen LogP contribution in [0.4, 0.5) is 0 Å². The molecule has 0 aliphatic carbocycles. The third kappa shape index (κ3) is 5.36. The van der Waals surface area contributed by atoms with E-state index >= 15 is 0 Å². The Bertz CT molecular complexity index is 585. The first kappa shape index (κ1) is 15.1. The maximum absolute atomic E-state index is 11.6. The Hall–Kier alpha value is -1.30. The second-order valence-corrected chi connectivity index (χ2v) is 6.33. The summed E-state index contributed by atoms with van der Waals surface area (Å²) in [5.41, 5.74) is 3.62. The number of nitrogens with one attached hydrogen (secondary N) is 1. The molecule has 3 nitrogen and oxygen atoms in total. The normalized spacial score (nSPS) is 10.8. The lowest BCUT2D eigenvalue weighted by Crippen LogP contribution is -2.19. The molecule has 0 saturated heterocycles. The van der Waals surface area contributed by atoms with E-state index in [1.807, 2.05) is 41.8 Å². The molecule has 6 heteroatoms. The van der Waals surface area contributed by atoms with Crippen LogP contribution in [0.15, 0.2) is 46.9 Å². The molecule has 104 valence electrons. The number of amides is 1. The van der Waals surface area contributed by atoms with Gasteiger partial charge in [-0.1, -0.05) is 29.8 Å². The lowest BCUT2D eigenvalue weighted by Gasteiger charge is -2.01. The quantitative estimate of drug-likeness (QED) is 0.649. The van der Waals surface area contributed by atoms with Crippen LogP contribution in [0.25, 0.3) is 0 Å². The van der Waals surface area contributed by atoms with Gasteiger partial charge in [-0.3, -0.25) is 4.79 Å². The maximum atomic E-state index is 11.6. The minimum atomic E-state index is -0.107. The predicted octanol–water partition coefficient (Wildman–Crippen LogP) is 3.79. The Morgan fingerprint density at radius 3 is 3.05 bits per heavy atom. The number of halogens is 1. The molecule has 1 aromatic heterocycles. The number of carbonyl (C=O) groups excluding carboxylic acids is 1. The highest BCUT2D eigenvalue weighted by Crippen LogP contribution is 2.16. The fraction of sp³-hybridized carbons (Fsp3) is 0.143. The summed E-state index contributed by atoms with van der Waals surface area (Å²) in [6.45, 7) is 0. The van der Waals surface area contributed by atoms with Gasteiger partial charge >= 0.3 is 0 Å². The summed E-state index contributed by atoms with van der Waals surface area (Å²) in [6.07, 6.45) is 1.64. The van der Waals surface area contributed by atoms with Crippen molar-refractivity contribution in [3.05, 3.63) is 57.2 Å². The van der Waals surface area contributed by atoms with E-state index in [2.05, 4.69) is 10.5 Å². The minimum absolute atomic E-state index is 0.107. The van der Waals surface area contributed by atoms with Crippen molar-refractivity contribution in [2.75, 3.05) is 5.75 Å². The molecule has 1 heterocycles. The smallest absolute Gasteiger partial charge is 0.250 e. The van der Waals surface area contributed by atoms with Gasteiger partial charge in [0.15, 0.2) is 0 Å². The highest BCUT2D eigenvalue weighted by Gasteiger charge is 2.01. The molecule has 0 fully saturated rings. The summed E-state index contributed by atoms with van der Waals surface area (Å²) in [5.74, 6) is 1.02. The Morgan fingerprint density at radius 1 is 1.40 bits per heavy atom. The zero-order valence-corrected chi connectivity index (χ0v) is 13.0. The van der Waals surface area contributed by atoms with Crippen LogP contribution in [-0.4, -0.2) is 17.9 Å². The number of thioether (sulfide) groups is 1. The van der Waals surface area contributed by atoms with Crippen molar-refractivity contribution in [3.63, 3.8) is 0 Å². The van der Waals surface area contributed by atoms with Crippen LogP contribution in [0.1, 0.15) is 10.4 Å². The Labute approximate surface area is 131 Å². The summed E-state index contributed by atoms with van der Waals surface area (Å²) < 4.78 is 0. The van der Waals surface area contributed by atoms with Crippen LogP contribution in [0.2, 0.25) is 5.02 Å². The minimum Gasteiger partial charge on any atom is -0.272 e. The Balaban J connectivity index is 1.68. The molecule has 2 rings (SSSR count). The van der Waals surface area contributed by atoms with E-state index in [1.165, 1.54) is 11.8 Å². The van der Waals surface area contributed by atoms with Crippen LogP contribution in [0.5, 0.6) is 0 Å². The van der Waals surface area contributed by atoms with Gasteiger partial charge in [0.2, 0.25) is 5.91 Å². The second kappa shape index (κ2) is 8.09. The van der Waals surface area contributed by atoms with Crippen LogP contribution >= 0.6 is 34.7 Å². The van der Waals surface area contributed by atoms with E-state index in [9.17, 15) is 4.79 Å². The largest absolute Gasteiger partial charge is 0.272 e. The van der Waals surface area contributed by atoms with Gasteiger partial charge in [-0.05, 0) is 29.1 Å². The SMILES string of the molecule is O=C(CSCc1cccc(Cl)c1)NN=Cc1cccs1. The van der Waals surface area contributed by atoms with Gasteiger partial charge in [0, 0.05) is 15.7 Å². The molecule has 0 saturated carbocycles. The van der Waals surface area contributed by atoms with Gasteiger partial charge in [0.25, 0.3) is 0 Å². The van der Waals surface area contributed by atoms with Gasteiger partial charge < -0.3 is 0 Å². The van der Waals surface area contributed by atoms with Crippen LogP contribution < -0.4 is 5.43 Å². The van der Waals surface area contributed by atoms with Crippen molar-refractivity contribution in [3.8, 4) is 0 Å². The standard InChI is InChI=1S/C14H13ClN2OS2/c15-12-4-1-3-11(7-12)9-19-10-14(18)17-16-8-13-5-2-6-20-13/h1-8H,9-10H2,(H,17,18). The first-order valence-corrected chi connectivity index (χ1v) is 8.33. The summed E-state index contributed by atoms with van der Waals surface area (Å²) in [7, 11) is 0. The summed E-state index contributed by atoms with van der Waals surface area (Å²) in [6, 6.07) is 11.5. The molecule has 1 amide bonds. The summed E-state index contributed by atoms with van der Waals surface area (Å²) in [5, 5.41) is 6.58. The zero-order chi connectivity index (χ0) is 14.2. The molecule has 0 atom stereocenters. The molecule has 2 aromatic rings. The number of hydrogen-bond donors (Lipinski definition) is 1. The Kier molecular flexibility index (Phi) is 6.11. The topological polar surface area (TPSA) is 41.5 Å². The van der Waals surface area contributed by atoms with Crippen molar-refractivity contribution < 1.29 is 4.79 Å². The van der Waals surface area contributed by atoms with Crippen molar-refractivity contribution in [2.24, 2.45) is 5.10 Å². The van der Waals surface area contributed by atoms with Gasteiger partial charge in [-0.2, -0.15) is 5.10 Å². The molecule has 0 unspecified atom stereocenters. The fourth-order valence-corrected chi connectivity index (χ4v) is 3.02. The number of hydrazone groups is 1. The number of rotatable bonds is 6. The van der Waals surface area contributed by atoms with Crippen LogP contribution in [0, 0.1) is 0 Å². The van der Waals surface area contributed by atoms with E-state index in [1.54, 1.807) is 17.6 Å². The monoisotopic (exact) mass is 324 g/mol. The van der Waals surface area contributed by atoms with Gasteiger partial charge in [0.05, 0.1) is 12.0 Å². The number of carbonyl (C=O) groups is 1. The van der Waals surface area contributed by atoms with Gasteiger partial charge in [-0.15, -0.1) is 23.1 Å². The maximum Gasteiger partial charge on any atom is 0.250 e. The lowest BCUT2D eigenvalue weighted by molar-refractivity contribution is -0.118. The van der Waals surface area contributed by atoms with Crippen molar-refractivity contribution >= 4 is 46.8 Å². The number of nitrogens with zero attached hydrogens (tertiary/aromatic N) is 1. The van der Waals surface area contributed by atoms with Crippen LogP contribution in [-0.2, 0) is 10.5 Å². The van der Waals surface area contributed by atoms with Gasteiger partial charge in [0.1, 0.15) is 0 Å². The third-order valence-electron chi connectivity index (χ3n) is 2.32. The molecule has 20 heavy (non-hydrogen) atoms. The molecule has 1 N–H and O–H groups in total. The average Bonchev–Trinajstić information content (AvgIpc) is 2.92. The number of thiophene rings is 1. The van der Waals surface area contributed by atoms with Crippen molar-refractivity contribution in [1.29, 1.82) is 0 Å². The molecule has 1 aromatic carbocycles. The number of hydrogen-bond acceptors (Lipinski definition) is 4. The van der Waals surface area contributed by atoms with E-state index < -0.39 is 0 Å². The van der Waals surface area contributed by atoms with E-state index in [0.717, 1.165) is 16.2 Å². The summed E-state index contributed by atoms with van der Waals surface area (Å²) in [4.78, 5) is 12.6. The first-order chi connectivity index (χ1) is 9.74. The second-order valence-electron chi connectivity index (χ2n) is 3.93. The molecule has 0 radical (unpaired) electrons. The zero-order valence-electron chi connectivity index (χ0n) is 10.6. The van der Waals surface area contributed by atoms with Gasteiger partial charge in [-0.25, -0.2) is 5.43 Å². The highest BCUT2D eigenvalue weighted by molar-refractivity contribution is 7.99. The lowest BCUT2D eigenvalue weighted by atomic mass is 10.2. The molecule has 0 spiro atoms. The van der Waals surface area contributed by atoms with E-state index in [-0.39, 0.29) is 5.91 Å².